The van der Waals surface area contributed by atoms with Crippen LogP contribution >= 0.6 is 0 Å². The SMILES string of the molecule is C/C=C1/C(=O)N[C@@H](C(=O)O)[C@H](C)C(=O)N[C@@H](CCCCN=C(N)N)C(=O)N[C@@H](/C=C/C(C)=C/[C@H](C)[C@@H](C)Cc2ccccc2)[C@H](C)C(=O)N[C@@H](C(=O)O)CCC(=O)N1C. The number of benzene rings is 1. The molecule has 0 unspecified atom stereocenters. The number of carboxylic acid groups (broad SMARTS) is 2. The molecule has 1 fully saturated rings. The summed E-state index contributed by atoms with van der Waals surface area (Å²) in [7, 11) is 1.26. The number of aliphatic carboxylic acids is 2. The molecule has 17 heteroatoms. The van der Waals surface area contributed by atoms with Gasteiger partial charge in [-0.15, -0.1) is 0 Å². The Morgan fingerprint density at radius 2 is 1.56 bits per heavy atom. The van der Waals surface area contributed by atoms with Gasteiger partial charge in [0.2, 0.25) is 23.6 Å². The van der Waals surface area contributed by atoms with Gasteiger partial charge in [0.1, 0.15) is 23.8 Å². The van der Waals surface area contributed by atoms with E-state index in [1.165, 1.54) is 39.5 Å². The number of unbranched alkanes of at least 4 members (excludes halogenated alkanes) is 1. The van der Waals surface area contributed by atoms with Gasteiger partial charge in [0.05, 0.1) is 17.9 Å². The third kappa shape index (κ3) is 16.0. The fourth-order valence-corrected chi connectivity index (χ4v) is 6.44. The van der Waals surface area contributed by atoms with Crippen LogP contribution in [-0.4, -0.2) is 100 Å². The number of aliphatic imine (C=N–C) groups is 1. The lowest BCUT2D eigenvalue weighted by Crippen LogP contribution is -2.56. The van der Waals surface area contributed by atoms with E-state index in [0.29, 0.717) is 12.8 Å². The van der Waals surface area contributed by atoms with Crippen molar-refractivity contribution in [3.8, 4) is 0 Å². The van der Waals surface area contributed by atoms with Crippen LogP contribution in [0.1, 0.15) is 79.2 Å². The van der Waals surface area contributed by atoms with Crippen molar-refractivity contribution in [1.82, 2.24) is 26.2 Å². The maximum Gasteiger partial charge on any atom is 0.327 e. The van der Waals surface area contributed by atoms with E-state index in [-0.39, 0.29) is 42.9 Å². The van der Waals surface area contributed by atoms with Gasteiger partial charge in [-0.1, -0.05) is 87.9 Å². The molecular weight excluding hydrogens is 761 g/mol. The number of carbonyl (C=O) groups excluding carboxylic acids is 5. The Labute approximate surface area is 346 Å². The van der Waals surface area contributed by atoms with Gasteiger partial charge in [-0.05, 0) is 63.4 Å². The minimum Gasteiger partial charge on any atom is -0.480 e. The first-order valence-corrected chi connectivity index (χ1v) is 19.8. The third-order valence-electron chi connectivity index (χ3n) is 10.4. The molecule has 0 aromatic heterocycles. The molecule has 1 aromatic rings. The molecule has 8 atom stereocenters. The number of hydrogen-bond acceptors (Lipinski definition) is 8. The maximum atomic E-state index is 14.1. The molecule has 0 bridgehead atoms. The molecule has 0 saturated carbocycles. The topological polar surface area (TPSA) is 276 Å². The van der Waals surface area contributed by atoms with E-state index >= 15 is 0 Å². The number of likely N-dealkylation sites (N-methyl/N-ethyl adjacent to an activating group) is 1. The van der Waals surface area contributed by atoms with Crippen LogP contribution in [0.15, 0.2) is 70.9 Å². The lowest BCUT2D eigenvalue weighted by atomic mass is 9.88. The second-order valence-electron chi connectivity index (χ2n) is 15.1. The molecule has 1 heterocycles. The summed E-state index contributed by atoms with van der Waals surface area (Å²) in [5, 5.41) is 30.3. The number of nitrogens with two attached hydrogens (primary N) is 2. The predicted molar refractivity (Wildman–Crippen MR) is 223 cm³/mol. The molecule has 1 aliphatic heterocycles. The van der Waals surface area contributed by atoms with Gasteiger partial charge in [-0.25, -0.2) is 9.59 Å². The van der Waals surface area contributed by atoms with Crippen LogP contribution < -0.4 is 32.7 Å². The number of nitrogens with zero attached hydrogens (tertiary/aromatic N) is 2. The van der Waals surface area contributed by atoms with Crippen LogP contribution in [0.4, 0.5) is 0 Å². The first-order chi connectivity index (χ1) is 27.8. The Kier molecular flexibility index (Phi) is 20.0. The van der Waals surface area contributed by atoms with Crippen molar-refractivity contribution in [1.29, 1.82) is 0 Å². The van der Waals surface area contributed by atoms with E-state index in [1.807, 2.05) is 25.1 Å². The number of allylic oxidation sites excluding steroid dienone is 4. The van der Waals surface area contributed by atoms with E-state index in [9.17, 15) is 43.8 Å². The fourth-order valence-electron chi connectivity index (χ4n) is 6.44. The van der Waals surface area contributed by atoms with Crippen molar-refractivity contribution in [3.63, 3.8) is 0 Å². The van der Waals surface area contributed by atoms with Crippen LogP contribution in [0.5, 0.6) is 0 Å². The average Bonchev–Trinajstić information content (AvgIpc) is 3.18. The highest BCUT2D eigenvalue weighted by Crippen LogP contribution is 2.21. The number of nitrogens with one attached hydrogen (secondary N) is 4. The van der Waals surface area contributed by atoms with Gasteiger partial charge in [0.15, 0.2) is 5.96 Å². The number of hydrogen-bond donors (Lipinski definition) is 8. The number of amides is 5. The second kappa shape index (κ2) is 24.0. The van der Waals surface area contributed by atoms with Crippen molar-refractivity contribution in [3.05, 3.63) is 71.5 Å². The van der Waals surface area contributed by atoms with Crippen LogP contribution in [0.2, 0.25) is 0 Å². The van der Waals surface area contributed by atoms with Gasteiger partial charge >= 0.3 is 11.9 Å². The first kappa shape index (κ1) is 49.1. The van der Waals surface area contributed by atoms with Crippen molar-refractivity contribution in [2.75, 3.05) is 13.6 Å². The van der Waals surface area contributed by atoms with E-state index in [2.05, 4.69) is 58.3 Å². The first-order valence-electron chi connectivity index (χ1n) is 19.8. The molecule has 1 aromatic carbocycles. The van der Waals surface area contributed by atoms with E-state index in [4.69, 9.17) is 11.5 Å². The van der Waals surface area contributed by atoms with E-state index in [0.717, 1.165) is 16.9 Å². The summed E-state index contributed by atoms with van der Waals surface area (Å²) < 4.78 is 0. The number of carboxylic acids is 2. The van der Waals surface area contributed by atoms with Crippen molar-refractivity contribution >= 4 is 47.4 Å². The summed E-state index contributed by atoms with van der Waals surface area (Å²) in [5.74, 6) is -9.12. The van der Waals surface area contributed by atoms with Gasteiger partial charge in [0, 0.05) is 20.0 Å². The van der Waals surface area contributed by atoms with E-state index in [1.54, 1.807) is 12.2 Å². The molecule has 0 aliphatic carbocycles. The number of rotatable bonds is 13. The Balaban J connectivity index is 2.61. The van der Waals surface area contributed by atoms with Crippen LogP contribution in [-0.2, 0) is 40.0 Å². The highest BCUT2D eigenvalue weighted by Gasteiger charge is 2.36. The van der Waals surface area contributed by atoms with Gasteiger partial charge in [-0.3, -0.25) is 29.0 Å². The molecule has 0 radical (unpaired) electrons. The van der Waals surface area contributed by atoms with Crippen molar-refractivity contribution in [2.24, 2.45) is 40.1 Å². The lowest BCUT2D eigenvalue weighted by molar-refractivity contribution is -0.146. The average molecular weight is 823 g/mol. The van der Waals surface area contributed by atoms with Gasteiger partial charge in [-0.2, -0.15) is 0 Å². The minimum atomic E-state index is -1.78. The van der Waals surface area contributed by atoms with Crippen LogP contribution in [0.25, 0.3) is 0 Å². The molecule has 2 rings (SSSR count). The molecule has 10 N–H and O–H groups in total. The summed E-state index contributed by atoms with van der Waals surface area (Å²) in [6.07, 6.45) is 7.61. The standard InChI is InChI=1S/C42H62N8O9/c1-8-33-39(55)49-35(41(58)59)28(6)37(53)47-31(16-12-13-21-45-42(43)44)38(54)46-30(27(5)36(52)48-32(40(56)57)19-20-34(51)50(33)7)18-17-24(2)22-25(3)26(4)23-29-14-10-9-11-15-29/h8-11,14-15,17-18,22,25-28,30-32,35H,12-13,16,19-21,23H2,1-7H3,(H,46,54)(H,47,53)(H,48,52)(H,49,55)(H,56,57)(H,58,59)(H4,43,44,45)/b18-17+,24-22+,33-8-/t25-,26-,27-,28-,30-,31-,32+,35+/m0/s1. The van der Waals surface area contributed by atoms with Crippen LogP contribution in [0.3, 0.4) is 0 Å². The van der Waals surface area contributed by atoms with Crippen molar-refractivity contribution in [2.45, 2.75) is 104 Å². The smallest absolute Gasteiger partial charge is 0.327 e. The van der Waals surface area contributed by atoms with Gasteiger partial charge in [0.25, 0.3) is 5.91 Å². The predicted octanol–water partition coefficient (Wildman–Crippen LogP) is 1.98. The summed E-state index contributed by atoms with van der Waals surface area (Å²) in [6.45, 7) is 10.6. The van der Waals surface area contributed by atoms with E-state index < -0.39 is 83.9 Å². The molecular formula is C42H62N8O9. The zero-order valence-corrected chi connectivity index (χ0v) is 35.1. The summed E-state index contributed by atoms with van der Waals surface area (Å²) in [5.41, 5.74) is 12.7. The molecule has 324 valence electrons. The molecule has 5 amide bonds. The Hall–Kier alpha value is -6.00. The quantitative estimate of drug-likeness (QED) is 0.0468. The Morgan fingerprint density at radius 1 is 0.915 bits per heavy atom. The monoisotopic (exact) mass is 822 g/mol. The Bertz CT molecular complexity index is 1770. The Morgan fingerprint density at radius 3 is 2.15 bits per heavy atom. The second-order valence-corrected chi connectivity index (χ2v) is 15.1. The largest absolute Gasteiger partial charge is 0.480 e. The minimum absolute atomic E-state index is 0.0534. The normalized spacial score (nSPS) is 25.1. The molecule has 0 spiro atoms. The number of carbonyl (C=O) groups is 7. The zero-order chi connectivity index (χ0) is 44.4. The highest BCUT2D eigenvalue weighted by atomic mass is 16.4. The summed E-state index contributed by atoms with van der Waals surface area (Å²) in [4.78, 5) is 97.7. The number of guanidine groups is 1. The van der Waals surface area contributed by atoms with Crippen molar-refractivity contribution < 1.29 is 43.8 Å². The van der Waals surface area contributed by atoms with Crippen LogP contribution in [0, 0.1) is 23.7 Å². The maximum absolute atomic E-state index is 14.1. The lowest BCUT2D eigenvalue weighted by Gasteiger charge is -2.28. The molecule has 1 aliphatic rings. The van der Waals surface area contributed by atoms with Gasteiger partial charge < -0.3 is 47.8 Å². The molecule has 59 heavy (non-hydrogen) atoms. The summed E-state index contributed by atoms with van der Waals surface area (Å²) in [6, 6.07) is 4.51. The highest BCUT2D eigenvalue weighted by molar-refractivity contribution is 6.00. The summed E-state index contributed by atoms with van der Waals surface area (Å²) >= 11 is 0. The molecule has 1 saturated heterocycles. The zero-order valence-electron chi connectivity index (χ0n) is 35.1. The molecule has 17 nitrogen and oxygen atoms in total. The fraction of sp³-hybridized carbons (Fsp3) is 0.524. The third-order valence-corrected chi connectivity index (χ3v) is 10.4.